The summed E-state index contributed by atoms with van der Waals surface area (Å²) in [6, 6.07) is 0. The Morgan fingerprint density at radius 3 is 1.26 bits per heavy atom. The van der Waals surface area contributed by atoms with Crippen LogP contribution < -0.4 is 9.13 Å². The van der Waals surface area contributed by atoms with E-state index in [-0.39, 0.29) is 0 Å². The average molecular weight is 993 g/mol. The van der Waals surface area contributed by atoms with Crippen LogP contribution in [-0.2, 0) is 13.1 Å². The first-order valence-electron chi connectivity index (χ1n) is 19.2. The minimum atomic E-state index is -10.7. The van der Waals surface area contributed by atoms with Crippen LogP contribution in [0.3, 0.4) is 0 Å². The van der Waals surface area contributed by atoms with Gasteiger partial charge in [0.15, 0.2) is 0 Å². The van der Waals surface area contributed by atoms with Crippen LogP contribution in [0.2, 0.25) is 0 Å². The maximum atomic E-state index is 9.87. The molecule has 25 heteroatoms. The van der Waals surface area contributed by atoms with Crippen LogP contribution in [0, 0.1) is 0 Å². The fraction of sp³-hybridized carbons (Fsp3) is 0.556. The van der Waals surface area contributed by atoms with E-state index in [0.717, 1.165) is 33.0 Å². The van der Waals surface area contributed by atoms with Gasteiger partial charge in [-0.1, -0.05) is 46.9 Å². The van der Waals surface area contributed by atoms with Crippen molar-refractivity contribution < 1.29 is 59.5 Å². The molecule has 0 saturated carbocycles. The van der Waals surface area contributed by atoms with Crippen LogP contribution in [0.4, 0.5) is 50.4 Å². The molecule has 0 aromatic carbocycles. The number of rotatable bonds is 22. The van der Waals surface area contributed by atoms with Crippen LogP contribution in [0.15, 0.2) is 88.2 Å². The van der Waals surface area contributed by atoms with Gasteiger partial charge >= 0.3 is 66.0 Å². The SMILES string of the molecule is C=CN1C=CN(CCSCC)C1.C=Cn1cc[n+](CCCSCCC[n+]2ccn(C=C)c2)c1.CCCCN1C=CN(CCSCC)C1.F[P-](F)(F)(F)(F)F.F[P-](F)(F)(F)(F)F. The second-order valence-electron chi connectivity index (χ2n) is 13.1. The number of imidazole rings is 2. The summed E-state index contributed by atoms with van der Waals surface area (Å²) in [4.78, 5) is 9.18. The molecule has 358 valence electrons. The summed E-state index contributed by atoms with van der Waals surface area (Å²) in [6.07, 6.45) is 31.5. The van der Waals surface area contributed by atoms with Crippen LogP contribution in [-0.4, -0.2) is 96.2 Å². The predicted molar refractivity (Wildman–Crippen MR) is 237 cm³/mol. The number of unbranched alkanes of at least 4 members (excludes halogenated alkanes) is 1. The van der Waals surface area contributed by atoms with E-state index in [4.69, 9.17) is 0 Å². The fourth-order valence-corrected chi connectivity index (χ4v) is 6.85. The van der Waals surface area contributed by atoms with Gasteiger partial charge in [0.25, 0.3) is 0 Å². The molecule has 0 bridgehead atoms. The Kier molecular flexibility index (Phi) is 24.5. The molecule has 2 aliphatic rings. The summed E-state index contributed by atoms with van der Waals surface area (Å²) < 4.78 is 127. The van der Waals surface area contributed by atoms with Gasteiger partial charge in [0, 0.05) is 55.9 Å². The average Bonchev–Trinajstić information content (AvgIpc) is 3.97. The predicted octanol–water partition coefficient (Wildman–Crippen LogP) is 13.6. The second kappa shape index (κ2) is 25.6. The molecule has 4 rings (SSSR count). The minimum absolute atomic E-state index is 0.966. The Morgan fingerprint density at radius 2 is 0.918 bits per heavy atom. The Morgan fingerprint density at radius 1 is 0.525 bits per heavy atom. The van der Waals surface area contributed by atoms with Crippen molar-refractivity contribution in [2.45, 2.75) is 59.5 Å². The summed E-state index contributed by atoms with van der Waals surface area (Å²) in [5.41, 5.74) is 0. The number of halogens is 12. The van der Waals surface area contributed by atoms with Crippen molar-refractivity contribution in [3.05, 3.63) is 88.2 Å². The van der Waals surface area contributed by atoms with Crippen molar-refractivity contribution in [3.8, 4) is 0 Å². The molecule has 4 heterocycles. The van der Waals surface area contributed by atoms with Crippen molar-refractivity contribution in [1.29, 1.82) is 0 Å². The Hall–Kier alpha value is -2.61. The molecular formula is C36H62F12N8P2S3. The number of thioether (sulfide) groups is 3. The topological polar surface area (TPSA) is 30.6 Å². The van der Waals surface area contributed by atoms with E-state index in [1.165, 1.54) is 73.3 Å². The van der Waals surface area contributed by atoms with Crippen molar-refractivity contribution >= 4 is 63.3 Å². The fourth-order valence-electron chi connectivity index (χ4n) is 4.67. The standard InChI is InChI=1S/C16H24N4S.C11H22N2S.C9H16N2S.2F6P/c1-3-17-9-11-19(15-17)7-5-13-21-14-6-8-20-12-10-18(4-2)16-20;1-3-5-6-12-7-8-13(11-12)9-10-14-4-2;1-3-10-5-6-11(9-10)7-8-12-4-2;2*1-7(2,3,4,5)6/h3-4,9-12,15-16H,1-2,5-8,13-14H2;7-8H,3-6,9-11H2,1-2H3;3,5-6H,1,4,7-9H2,2H3;;/q+2;;;2*-1. The van der Waals surface area contributed by atoms with Gasteiger partial charge in [0.05, 0.1) is 38.8 Å². The molecule has 2 aromatic rings. The van der Waals surface area contributed by atoms with Crippen molar-refractivity contribution in [3.63, 3.8) is 0 Å². The summed E-state index contributed by atoms with van der Waals surface area (Å²) in [6.45, 7) is 25.6. The monoisotopic (exact) mass is 992 g/mol. The Bertz CT molecular complexity index is 1510. The molecule has 2 aromatic heterocycles. The zero-order valence-corrected chi connectivity index (χ0v) is 39.1. The first-order chi connectivity index (χ1) is 27.9. The molecule has 0 unspecified atom stereocenters. The third-order valence-electron chi connectivity index (χ3n) is 7.41. The molecule has 61 heavy (non-hydrogen) atoms. The molecule has 0 fully saturated rings. The van der Waals surface area contributed by atoms with Crippen molar-refractivity contribution in [1.82, 2.24) is 28.7 Å². The molecule has 0 amide bonds. The van der Waals surface area contributed by atoms with Crippen LogP contribution in [0.5, 0.6) is 0 Å². The van der Waals surface area contributed by atoms with Crippen LogP contribution >= 0.6 is 50.9 Å². The van der Waals surface area contributed by atoms with E-state index in [9.17, 15) is 50.4 Å². The first-order valence-corrected chi connectivity index (χ1v) is 26.7. The summed E-state index contributed by atoms with van der Waals surface area (Å²) in [7, 11) is -21.3. The van der Waals surface area contributed by atoms with Crippen LogP contribution in [0.25, 0.3) is 12.4 Å². The van der Waals surface area contributed by atoms with Gasteiger partial charge in [-0.2, -0.15) is 35.3 Å². The molecule has 0 aliphatic carbocycles. The molecule has 0 spiro atoms. The zero-order valence-electron chi connectivity index (χ0n) is 34.9. The molecule has 8 nitrogen and oxygen atoms in total. The van der Waals surface area contributed by atoms with Gasteiger partial charge in [0.2, 0.25) is 12.7 Å². The van der Waals surface area contributed by atoms with E-state index in [0.29, 0.717) is 0 Å². The van der Waals surface area contributed by atoms with Crippen molar-refractivity contribution in [2.24, 2.45) is 0 Å². The molecule has 0 atom stereocenters. The molecule has 0 radical (unpaired) electrons. The van der Waals surface area contributed by atoms with Gasteiger partial charge in [-0.3, -0.25) is 0 Å². The van der Waals surface area contributed by atoms with E-state index in [2.05, 4.69) is 119 Å². The quantitative estimate of drug-likeness (QED) is 0.0503. The Balaban J connectivity index is 0.000000789. The number of hydrogen-bond donors (Lipinski definition) is 0. The summed E-state index contributed by atoms with van der Waals surface area (Å²) >= 11 is 6.04. The number of nitrogens with zero attached hydrogens (tertiary/aromatic N) is 8. The van der Waals surface area contributed by atoms with E-state index in [1.807, 2.05) is 75.4 Å². The molecule has 2 aliphatic heterocycles. The second-order valence-corrected chi connectivity index (χ2v) is 20.9. The number of aromatic nitrogens is 4. The van der Waals surface area contributed by atoms with Crippen LogP contribution in [0.1, 0.15) is 46.5 Å². The van der Waals surface area contributed by atoms with Gasteiger partial charge in [-0.25, -0.2) is 18.3 Å². The summed E-state index contributed by atoms with van der Waals surface area (Å²) in [5, 5.41) is 0. The third kappa shape index (κ3) is 43.8. The molecular weight excluding hydrogens is 931 g/mol. The van der Waals surface area contributed by atoms with Crippen molar-refractivity contribution in [2.75, 3.05) is 67.5 Å². The molecule has 0 N–H and O–H groups in total. The number of aryl methyl sites for hydroxylation is 2. The number of hydrogen-bond acceptors (Lipinski definition) is 7. The van der Waals surface area contributed by atoms with Gasteiger partial charge < -0.3 is 19.6 Å². The maximum absolute atomic E-state index is 10.7. The zero-order chi connectivity index (χ0) is 46.8. The Labute approximate surface area is 365 Å². The normalized spacial score (nSPS) is 15.7. The van der Waals surface area contributed by atoms with Gasteiger partial charge in [-0.05, 0) is 48.5 Å². The molecule has 0 saturated heterocycles. The van der Waals surface area contributed by atoms with Gasteiger partial charge in [-0.15, -0.1) is 0 Å². The summed E-state index contributed by atoms with van der Waals surface area (Å²) in [5.74, 6) is 7.34. The van der Waals surface area contributed by atoms with E-state index in [1.54, 1.807) is 0 Å². The van der Waals surface area contributed by atoms with Gasteiger partial charge in [0.1, 0.15) is 24.8 Å². The van der Waals surface area contributed by atoms with E-state index >= 15 is 0 Å². The first kappa shape index (κ1) is 58.4. The van der Waals surface area contributed by atoms with E-state index < -0.39 is 15.6 Å². The third-order valence-corrected chi connectivity index (χ3v) is 10.3.